The highest BCUT2D eigenvalue weighted by molar-refractivity contribution is 6.02. The van der Waals surface area contributed by atoms with Crippen molar-refractivity contribution in [2.75, 3.05) is 33.7 Å². The third-order valence-corrected chi connectivity index (χ3v) is 3.86. The number of nitrogens with one attached hydrogen (secondary N) is 2. The molecule has 24 heavy (non-hydrogen) atoms. The van der Waals surface area contributed by atoms with E-state index in [-0.39, 0.29) is 11.6 Å². The summed E-state index contributed by atoms with van der Waals surface area (Å²) in [6.45, 7) is 1.79. The number of hydrogen-bond acceptors (Lipinski definition) is 4. The SMILES string of the molecule is CN(C)CCNC(=O)c1ccc2[nH]c(C(=O)O)c(CCCN)c2c1. The molecule has 1 aromatic carbocycles. The highest BCUT2D eigenvalue weighted by atomic mass is 16.4. The summed E-state index contributed by atoms with van der Waals surface area (Å²) in [5, 5.41) is 13.0. The number of rotatable bonds is 8. The van der Waals surface area contributed by atoms with Crippen molar-refractivity contribution < 1.29 is 14.7 Å². The lowest BCUT2D eigenvalue weighted by molar-refractivity contribution is 0.0690. The molecule has 7 nitrogen and oxygen atoms in total. The van der Waals surface area contributed by atoms with Crippen LogP contribution in [-0.2, 0) is 6.42 Å². The molecule has 0 aliphatic carbocycles. The Morgan fingerprint density at radius 3 is 2.71 bits per heavy atom. The maximum Gasteiger partial charge on any atom is 0.352 e. The van der Waals surface area contributed by atoms with Gasteiger partial charge < -0.3 is 26.0 Å². The molecule has 2 rings (SSSR count). The lowest BCUT2D eigenvalue weighted by Gasteiger charge is -2.10. The van der Waals surface area contributed by atoms with Crippen molar-refractivity contribution >= 4 is 22.8 Å². The van der Waals surface area contributed by atoms with Crippen LogP contribution >= 0.6 is 0 Å². The van der Waals surface area contributed by atoms with Crippen molar-refractivity contribution in [1.29, 1.82) is 0 Å². The van der Waals surface area contributed by atoms with Crippen LogP contribution in [-0.4, -0.2) is 60.6 Å². The van der Waals surface area contributed by atoms with E-state index in [4.69, 9.17) is 5.73 Å². The van der Waals surface area contributed by atoms with E-state index in [0.29, 0.717) is 42.6 Å². The zero-order valence-corrected chi connectivity index (χ0v) is 14.1. The first kappa shape index (κ1) is 18.0. The summed E-state index contributed by atoms with van der Waals surface area (Å²) < 4.78 is 0. The smallest absolute Gasteiger partial charge is 0.352 e. The molecule has 1 aromatic heterocycles. The number of aromatic carboxylic acids is 1. The number of carbonyl (C=O) groups is 2. The minimum Gasteiger partial charge on any atom is -0.477 e. The second-order valence-corrected chi connectivity index (χ2v) is 6.00. The van der Waals surface area contributed by atoms with Crippen LogP contribution in [0.2, 0.25) is 0 Å². The molecule has 0 spiro atoms. The average molecular weight is 332 g/mol. The minimum absolute atomic E-state index is 0.165. The molecule has 5 N–H and O–H groups in total. The predicted octanol–water partition coefficient (Wildman–Crippen LogP) is 1.05. The monoisotopic (exact) mass is 332 g/mol. The van der Waals surface area contributed by atoms with Gasteiger partial charge in [-0.3, -0.25) is 4.79 Å². The van der Waals surface area contributed by atoms with Crippen LogP contribution in [0.4, 0.5) is 0 Å². The number of amides is 1. The quantitative estimate of drug-likeness (QED) is 0.577. The molecule has 0 unspecified atom stereocenters. The van der Waals surface area contributed by atoms with Crippen molar-refractivity contribution in [1.82, 2.24) is 15.2 Å². The molecule has 130 valence electrons. The third-order valence-electron chi connectivity index (χ3n) is 3.86. The molecule has 0 saturated carbocycles. The number of nitrogens with two attached hydrogens (primary N) is 1. The first-order valence-electron chi connectivity index (χ1n) is 7.95. The standard InChI is InChI=1S/C17H24N4O3/c1-21(2)9-8-19-16(22)11-5-6-14-13(10-11)12(4-3-7-18)15(20-14)17(23)24/h5-6,10,20H,3-4,7-9,18H2,1-2H3,(H,19,22)(H,23,24). The maximum atomic E-state index is 12.3. The van der Waals surface area contributed by atoms with Crippen LogP contribution in [0, 0.1) is 0 Å². The number of aromatic nitrogens is 1. The van der Waals surface area contributed by atoms with Gasteiger partial charge in [-0.15, -0.1) is 0 Å². The van der Waals surface area contributed by atoms with Crippen LogP contribution in [0.5, 0.6) is 0 Å². The van der Waals surface area contributed by atoms with E-state index in [0.717, 1.165) is 11.9 Å². The molecule has 7 heteroatoms. The fraction of sp³-hybridized carbons (Fsp3) is 0.412. The van der Waals surface area contributed by atoms with Gasteiger partial charge in [-0.1, -0.05) is 0 Å². The number of fused-ring (bicyclic) bond motifs is 1. The first-order chi connectivity index (χ1) is 11.4. The fourth-order valence-corrected chi connectivity index (χ4v) is 2.61. The van der Waals surface area contributed by atoms with Gasteiger partial charge in [-0.2, -0.15) is 0 Å². The van der Waals surface area contributed by atoms with E-state index >= 15 is 0 Å². The Bertz CT molecular complexity index is 737. The van der Waals surface area contributed by atoms with Gasteiger partial charge >= 0.3 is 5.97 Å². The van der Waals surface area contributed by atoms with Gasteiger partial charge in [-0.25, -0.2) is 4.79 Å². The number of carboxylic acids is 1. The highest BCUT2D eigenvalue weighted by Crippen LogP contribution is 2.25. The Morgan fingerprint density at radius 2 is 2.08 bits per heavy atom. The summed E-state index contributed by atoms with van der Waals surface area (Å²) in [5.41, 5.74) is 7.65. The summed E-state index contributed by atoms with van der Waals surface area (Å²) in [5.74, 6) is -1.17. The van der Waals surface area contributed by atoms with Crippen LogP contribution in [0.3, 0.4) is 0 Å². The zero-order chi connectivity index (χ0) is 17.7. The Morgan fingerprint density at radius 1 is 1.33 bits per heavy atom. The van der Waals surface area contributed by atoms with Gasteiger partial charge in [0, 0.05) is 29.6 Å². The molecular formula is C17H24N4O3. The molecule has 0 radical (unpaired) electrons. The lowest BCUT2D eigenvalue weighted by Crippen LogP contribution is -2.31. The van der Waals surface area contributed by atoms with Gasteiger partial charge in [0.15, 0.2) is 0 Å². The summed E-state index contributed by atoms with van der Waals surface area (Å²) in [7, 11) is 3.88. The van der Waals surface area contributed by atoms with Crippen LogP contribution in [0.25, 0.3) is 10.9 Å². The summed E-state index contributed by atoms with van der Waals surface area (Å²) >= 11 is 0. The Balaban J connectivity index is 2.31. The Hall–Kier alpha value is -2.38. The minimum atomic E-state index is -1.00. The van der Waals surface area contributed by atoms with Crippen molar-refractivity contribution in [3.05, 3.63) is 35.0 Å². The second-order valence-electron chi connectivity index (χ2n) is 6.00. The molecule has 0 aliphatic heterocycles. The number of likely N-dealkylation sites (N-methyl/N-ethyl adjacent to an activating group) is 1. The zero-order valence-electron chi connectivity index (χ0n) is 14.1. The fourth-order valence-electron chi connectivity index (χ4n) is 2.61. The van der Waals surface area contributed by atoms with E-state index in [1.54, 1.807) is 18.2 Å². The molecule has 0 fully saturated rings. The topological polar surface area (TPSA) is 111 Å². The summed E-state index contributed by atoms with van der Waals surface area (Å²) in [4.78, 5) is 28.6. The largest absolute Gasteiger partial charge is 0.477 e. The lowest BCUT2D eigenvalue weighted by atomic mass is 10.0. The van der Waals surface area contributed by atoms with E-state index in [9.17, 15) is 14.7 Å². The summed E-state index contributed by atoms with van der Waals surface area (Å²) in [6.07, 6.45) is 1.25. The Labute approximate surface area is 140 Å². The van der Waals surface area contributed by atoms with Crippen molar-refractivity contribution in [3.8, 4) is 0 Å². The molecule has 0 atom stereocenters. The van der Waals surface area contributed by atoms with Gasteiger partial charge in [0.25, 0.3) is 5.91 Å². The molecule has 1 heterocycles. The number of aromatic amines is 1. The van der Waals surface area contributed by atoms with Gasteiger partial charge in [0.2, 0.25) is 0 Å². The van der Waals surface area contributed by atoms with Gasteiger partial charge in [0.1, 0.15) is 5.69 Å². The third kappa shape index (κ3) is 4.12. The van der Waals surface area contributed by atoms with Crippen molar-refractivity contribution in [3.63, 3.8) is 0 Å². The van der Waals surface area contributed by atoms with Gasteiger partial charge in [-0.05, 0) is 57.2 Å². The molecule has 0 saturated heterocycles. The van der Waals surface area contributed by atoms with E-state index in [1.807, 2.05) is 19.0 Å². The maximum absolute atomic E-state index is 12.3. The number of aryl methyl sites for hydroxylation is 1. The molecule has 0 aliphatic rings. The van der Waals surface area contributed by atoms with E-state index in [2.05, 4.69) is 10.3 Å². The average Bonchev–Trinajstić information content (AvgIpc) is 2.90. The van der Waals surface area contributed by atoms with Crippen LogP contribution < -0.4 is 11.1 Å². The number of nitrogens with zero attached hydrogens (tertiary/aromatic N) is 1. The number of hydrogen-bond donors (Lipinski definition) is 4. The number of benzene rings is 1. The molecule has 1 amide bonds. The first-order valence-corrected chi connectivity index (χ1v) is 7.95. The number of carboxylic acid groups (broad SMARTS) is 1. The molecular weight excluding hydrogens is 308 g/mol. The molecule has 2 aromatic rings. The predicted molar refractivity (Wildman–Crippen MR) is 93.5 cm³/mol. The Kier molecular flexibility index (Phi) is 5.94. The van der Waals surface area contributed by atoms with Crippen molar-refractivity contribution in [2.45, 2.75) is 12.8 Å². The van der Waals surface area contributed by atoms with Gasteiger partial charge in [0.05, 0.1) is 0 Å². The second kappa shape index (κ2) is 7.94. The highest BCUT2D eigenvalue weighted by Gasteiger charge is 2.18. The number of H-pyrrole nitrogens is 1. The van der Waals surface area contributed by atoms with Crippen LogP contribution in [0.1, 0.15) is 32.8 Å². The van der Waals surface area contributed by atoms with Crippen LogP contribution in [0.15, 0.2) is 18.2 Å². The summed E-state index contributed by atoms with van der Waals surface area (Å²) in [6, 6.07) is 5.19. The molecule has 0 bridgehead atoms. The number of carbonyl (C=O) groups excluding carboxylic acids is 1. The van der Waals surface area contributed by atoms with E-state index < -0.39 is 5.97 Å². The normalized spacial score (nSPS) is 11.2. The van der Waals surface area contributed by atoms with E-state index in [1.165, 1.54) is 0 Å². The van der Waals surface area contributed by atoms with Crippen molar-refractivity contribution in [2.24, 2.45) is 5.73 Å².